The summed E-state index contributed by atoms with van der Waals surface area (Å²) in [5.74, 6) is 0.772. The summed E-state index contributed by atoms with van der Waals surface area (Å²) in [6, 6.07) is 0.641. The molecule has 2 unspecified atom stereocenters. The minimum atomic E-state index is 0.641. The lowest BCUT2D eigenvalue weighted by molar-refractivity contribution is 0.122. The van der Waals surface area contributed by atoms with Crippen molar-refractivity contribution in [1.29, 1.82) is 0 Å². The Morgan fingerprint density at radius 2 is 2.00 bits per heavy atom. The van der Waals surface area contributed by atoms with Gasteiger partial charge in [-0.25, -0.2) is 15.0 Å². The molecule has 0 radical (unpaired) electrons. The van der Waals surface area contributed by atoms with Crippen LogP contribution in [0.1, 0.15) is 24.1 Å². The molecule has 0 N–H and O–H groups in total. The minimum absolute atomic E-state index is 0.641. The smallest absolute Gasteiger partial charge is 0.187 e. The molecule has 2 aromatic heterocycles. The quantitative estimate of drug-likeness (QED) is 0.603. The number of thioether (sulfide) groups is 1. The molecule has 3 fully saturated rings. The summed E-state index contributed by atoms with van der Waals surface area (Å²) in [7, 11) is 0. The molecule has 5 nitrogen and oxygen atoms in total. The van der Waals surface area contributed by atoms with Gasteiger partial charge in [0.25, 0.3) is 0 Å². The highest BCUT2D eigenvalue weighted by atomic mass is 32.2. The molecule has 0 aromatic carbocycles. The molecule has 3 aliphatic heterocycles. The second-order valence-electron chi connectivity index (χ2n) is 6.78. The zero-order valence-corrected chi connectivity index (χ0v) is 15.6. The zero-order valence-electron chi connectivity index (χ0n) is 14.0. The van der Waals surface area contributed by atoms with Crippen molar-refractivity contribution >= 4 is 23.1 Å². The molecule has 128 valence electrons. The first-order chi connectivity index (χ1) is 11.8. The SMILES string of the molecule is CSc1ncc(CN2CC3CCC2CN(Cc2cscn2)C3)cn1. The number of piperidine rings is 1. The predicted molar refractivity (Wildman–Crippen MR) is 98.1 cm³/mol. The molecule has 0 saturated carbocycles. The fourth-order valence-corrected chi connectivity index (χ4v) is 4.77. The van der Waals surface area contributed by atoms with E-state index >= 15 is 0 Å². The Balaban J connectivity index is 1.42. The average molecular weight is 362 g/mol. The second kappa shape index (κ2) is 7.47. The first kappa shape index (κ1) is 16.4. The topological polar surface area (TPSA) is 45.2 Å². The second-order valence-corrected chi connectivity index (χ2v) is 8.27. The maximum Gasteiger partial charge on any atom is 0.187 e. The third-order valence-electron chi connectivity index (χ3n) is 5.02. The number of aromatic nitrogens is 3. The van der Waals surface area contributed by atoms with Crippen molar-refractivity contribution in [2.45, 2.75) is 37.1 Å². The molecule has 0 spiro atoms. The van der Waals surface area contributed by atoms with Gasteiger partial charge in [0.2, 0.25) is 0 Å². The van der Waals surface area contributed by atoms with Crippen molar-refractivity contribution in [3.8, 4) is 0 Å². The van der Waals surface area contributed by atoms with E-state index in [-0.39, 0.29) is 0 Å². The van der Waals surface area contributed by atoms with Gasteiger partial charge in [0.15, 0.2) is 5.16 Å². The third kappa shape index (κ3) is 3.79. The molecule has 2 aromatic rings. The van der Waals surface area contributed by atoms with Crippen molar-refractivity contribution in [2.75, 3.05) is 25.9 Å². The van der Waals surface area contributed by atoms with Gasteiger partial charge in [0.05, 0.1) is 11.2 Å². The van der Waals surface area contributed by atoms with Crippen molar-refractivity contribution < 1.29 is 0 Å². The summed E-state index contributed by atoms with van der Waals surface area (Å²) in [4.78, 5) is 18.5. The van der Waals surface area contributed by atoms with Gasteiger partial charge in [-0.05, 0) is 25.0 Å². The molecule has 3 aliphatic rings. The van der Waals surface area contributed by atoms with Gasteiger partial charge in [-0.1, -0.05) is 11.8 Å². The molecular weight excluding hydrogens is 338 g/mol. The molecule has 2 atom stereocenters. The minimum Gasteiger partial charge on any atom is -0.296 e. The van der Waals surface area contributed by atoms with Crippen LogP contribution in [0.3, 0.4) is 0 Å². The van der Waals surface area contributed by atoms with E-state index in [2.05, 4.69) is 30.1 Å². The molecule has 5 rings (SSSR count). The van der Waals surface area contributed by atoms with E-state index in [0.29, 0.717) is 6.04 Å². The van der Waals surface area contributed by atoms with Crippen molar-refractivity contribution in [2.24, 2.45) is 5.92 Å². The number of nitrogens with zero attached hydrogens (tertiary/aromatic N) is 5. The van der Waals surface area contributed by atoms with Gasteiger partial charge in [0.1, 0.15) is 0 Å². The summed E-state index contributed by atoms with van der Waals surface area (Å²) >= 11 is 3.29. The van der Waals surface area contributed by atoms with Crippen LogP contribution in [0.2, 0.25) is 0 Å². The van der Waals surface area contributed by atoms with Crippen LogP contribution >= 0.6 is 23.1 Å². The highest BCUT2D eigenvalue weighted by Crippen LogP contribution is 2.29. The fraction of sp³-hybridized carbons (Fsp3) is 0.588. The van der Waals surface area contributed by atoms with E-state index in [9.17, 15) is 0 Å². The first-order valence-corrected chi connectivity index (χ1v) is 10.7. The van der Waals surface area contributed by atoms with Gasteiger partial charge >= 0.3 is 0 Å². The van der Waals surface area contributed by atoms with E-state index in [0.717, 1.165) is 30.7 Å². The Bertz CT molecular complexity index is 646. The molecule has 2 bridgehead atoms. The molecule has 5 heterocycles. The van der Waals surface area contributed by atoms with E-state index in [1.54, 1.807) is 23.1 Å². The molecule has 0 amide bonds. The summed E-state index contributed by atoms with van der Waals surface area (Å²) in [5.41, 5.74) is 4.38. The number of fused-ring (bicyclic) bond motifs is 4. The molecule has 3 saturated heterocycles. The van der Waals surface area contributed by atoms with Crippen LogP contribution in [0.4, 0.5) is 0 Å². The largest absolute Gasteiger partial charge is 0.296 e. The predicted octanol–water partition coefficient (Wildman–Crippen LogP) is 2.75. The van der Waals surface area contributed by atoms with Crippen molar-refractivity contribution in [3.05, 3.63) is 34.5 Å². The molecular formula is C17H23N5S2. The van der Waals surface area contributed by atoms with E-state index in [1.807, 2.05) is 24.2 Å². The van der Waals surface area contributed by atoms with Crippen LogP contribution in [-0.2, 0) is 13.1 Å². The van der Waals surface area contributed by atoms with Crippen molar-refractivity contribution in [1.82, 2.24) is 24.8 Å². The monoisotopic (exact) mass is 361 g/mol. The van der Waals surface area contributed by atoms with Crippen molar-refractivity contribution in [3.63, 3.8) is 0 Å². The van der Waals surface area contributed by atoms with Gasteiger partial charge < -0.3 is 0 Å². The Labute approximate surface area is 151 Å². The highest BCUT2D eigenvalue weighted by molar-refractivity contribution is 7.98. The van der Waals surface area contributed by atoms with E-state index in [1.165, 1.54) is 37.2 Å². The maximum atomic E-state index is 4.46. The summed E-state index contributed by atoms with van der Waals surface area (Å²) < 4.78 is 0. The number of thiazole rings is 1. The lowest BCUT2D eigenvalue weighted by Crippen LogP contribution is -2.43. The number of hydrogen-bond acceptors (Lipinski definition) is 7. The van der Waals surface area contributed by atoms with Gasteiger partial charge in [-0.3, -0.25) is 9.80 Å². The lowest BCUT2D eigenvalue weighted by Gasteiger charge is -2.36. The summed E-state index contributed by atoms with van der Waals surface area (Å²) in [6.07, 6.45) is 8.66. The first-order valence-electron chi connectivity index (χ1n) is 8.48. The van der Waals surface area contributed by atoms with Gasteiger partial charge in [-0.2, -0.15) is 0 Å². The van der Waals surface area contributed by atoms with Gasteiger partial charge in [0, 0.05) is 62.1 Å². The standard InChI is InChI=1S/C17H23N5S2/c1-23-17-18-4-14(5-19-17)8-22-7-13-2-3-16(22)10-21(6-13)9-15-11-24-12-20-15/h4-5,11-13,16H,2-3,6-10H2,1H3. The Morgan fingerprint density at radius 1 is 1.12 bits per heavy atom. The molecule has 7 heteroatoms. The lowest BCUT2D eigenvalue weighted by atomic mass is 9.95. The third-order valence-corrected chi connectivity index (χ3v) is 6.23. The van der Waals surface area contributed by atoms with Crippen LogP contribution in [0.25, 0.3) is 0 Å². The summed E-state index contributed by atoms with van der Waals surface area (Å²) in [5, 5.41) is 3.03. The Kier molecular flexibility index (Phi) is 5.12. The van der Waals surface area contributed by atoms with Gasteiger partial charge in [-0.15, -0.1) is 11.3 Å². The zero-order chi connectivity index (χ0) is 16.4. The number of hydrogen-bond donors (Lipinski definition) is 0. The molecule has 0 aliphatic carbocycles. The van der Waals surface area contributed by atoms with Crippen LogP contribution in [0.15, 0.2) is 28.4 Å². The maximum absolute atomic E-state index is 4.46. The fourth-order valence-electron chi connectivity index (χ4n) is 3.91. The normalized spacial score (nSPS) is 25.0. The highest BCUT2D eigenvalue weighted by Gasteiger charge is 2.34. The van der Waals surface area contributed by atoms with E-state index < -0.39 is 0 Å². The summed E-state index contributed by atoms with van der Waals surface area (Å²) in [6.45, 7) is 5.52. The Hall–Kier alpha value is -1.02. The Morgan fingerprint density at radius 3 is 2.75 bits per heavy atom. The van der Waals surface area contributed by atoms with Crippen LogP contribution in [-0.4, -0.2) is 56.7 Å². The average Bonchev–Trinajstić information content (AvgIpc) is 2.96. The molecule has 24 heavy (non-hydrogen) atoms. The van der Waals surface area contributed by atoms with Crippen LogP contribution < -0.4 is 0 Å². The van der Waals surface area contributed by atoms with Crippen LogP contribution in [0.5, 0.6) is 0 Å². The van der Waals surface area contributed by atoms with Crippen LogP contribution in [0, 0.1) is 5.92 Å². The number of rotatable bonds is 5. The van der Waals surface area contributed by atoms with E-state index in [4.69, 9.17) is 0 Å².